The van der Waals surface area contributed by atoms with Crippen LogP contribution in [0.5, 0.6) is 0 Å². The van der Waals surface area contributed by atoms with Crippen LogP contribution in [0.25, 0.3) is 0 Å². The van der Waals surface area contributed by atoms with Crippen LogP contribution < -0.4 is 4.90 Å². The standard InChI is InChI=1S/C14H17NO3S/c1-10-6-11-4-2-3-5-12(11)15(7-10)13(16)8-19-9-14(17)18/h2-5,10H,6-9H2,1H3,(H,17,18). The predicted octanol–water partition coefficient (Wildman–Crippen LogP) is 2.03. The molecule has 1 heterocycles. The number of amides is 1. The Kier molecular flexibility index (Phi) is 4.47. The Morgan fingerprint density at radius 2 is 2.11 bits per heavy atom. The molecule has 102 valence electrons. The van der Waals surface area contributed by atoms with Gasteiger partial charge in [0.2, 0.25) is 5.91 Å². The van der Waals surface area contributed by atoms with E-state index < -0.39 is 5.97 Å². The molecule has 0 fully saturated rings. The quantitative estimate of drug-likeness (QED) is 0.916. The molecule has 0 saturated carbocycles. The van der Waals surface area contributed by atoms with Crippen LogP contribution in [0.4, 0.5) is 5.69 Å². The van der Waals surface area contributed by atoms with Gasteiger partial charge in [0.25, 0.3) is 0 Å². The van der Waals surface area contributed by atoms with Gasteiger partial charge in [-0.05, 0) is 24.0 Å². The van der Waals surface area contributed by atoms with Crippen molar-refractivity contribution < 1.29 is 14.7 Å². The third-order valence-corrected chi connectivity index (χ3v) is 4.00. The number of carboxylic acids is 1. The van der Waals surface area contributed by atoms with Crippen LogP contribution in [0.15, 0.2) is 24.3 Å². The number of hydrogen-bond donors (Lipinski definition) is 1. The van der Waals surface area contributed by atoms with Crippen molar-refractivity contribution in [2.75, 3.05) is 23.0 Å². The molecule has 1 unspecified atom stereocenters. The number of thioether (sulfide) groups is 1. The highest BCUT2D eigenvalue weighted by Crippen LogP contribution is 2.29. The number of carbonyl (C=O) groups is 2. The first-order chi connectivity index (χ1) is 9.08. The fraction of sp³-hybridized carbons (Fsp3) is 0.429. The second-order valence-electron chi connectivity index (χ2n) is 4.83. The van der Waals surface area contributed by atoms with Crippen LogP contribution in [0.2, 0.25) is 0 Å². The number of nitrogens with zero attached hydrogens (tertiary/aromatic N) is 1. The van der Waals surface area contributed by atoms with Crippen molar-refractivity contribution in [1.82, 2.24) is 0 Å². The highest BCUT2D eigenvalue weighted by molar-refractivity contribution is 8.00. The lowest BCUT2D eigenvalue weighted by Gasteiger charge is -2.33. The summed E-state index contributed by atoms with van der Waals surface area (Å²) in [6, 6.07) is 7.93. The molecule has 0 bridgehead atoms. The zero-order valence-electron chi connectivity index (χ0n) is 10.8. The van der Waals surface area contributed by atoms with Gasteiger partial charge in [-0.25, -0.2) is 0 Å². The van der Waals surface area contributed by atoms with Gasteiger partial charge in [-0.1, -0.05) is 25.1 Å². The van der Waals surface area contributed by atoms with E-state index in [0.717, 1.165) is 23.9 Å². The molecule has 0 radical (unpaired) electrons. The number of fused-ring (bicyclic) bond motifs is 1. The number of rotatable bonds is 4. The summed E-state index contributed by atoms with van der Waals surface area (Å²) in [7, 11) is 0. The topological polar surface area (TPSA) is 57.6 Å². The monoisotopic (exact) mass is 279 g/mol. The van der Waals surface area contributed by atoms with Crippen LogP contribution in [0.3, 0.4) is 0 Å². The van der Waals surface area contributed by atoms with Gasteiger partial charge >= 0.3 is 5.97 Å². The first-order valence-electron chi connectivity index (χ1n) is 6.25. The van der Waals surface area contributed by atoms with Crippen molar-refractivity contribution in [2.45, 2.75) is 13.3 Å². The second-order valence-corrected chi connectivity index (χ2v) is 5.81. The van der Waals surface area contributed by atoms with Gasteiger partial charge < -0.3 is 10.0 Å². The highest BCUT2D eigenvalue weighted by atomic mass is 32.2. The Balaban J connectivity index is 2.07. The van der Waals surface area contributed by atoms with Crippen molar-refractivity contribution in [2.24, 2.45) is 5.92 Å². The average Bonchev–Trinajstić information content (AvgIpc) is 2.37. The van der Waals surface area contributed by atoms with Gasteiger partial charge in [0.15, 0.2) is 0 Å². The van der Waals surface area contributed by atoms with Crippen molar-refractivity contribution in [3.05, 3.63) is 29.8 Å². The van der Waals surface area contributed by atoms with Gasteiger partial charge in [0.1, 0.15) is 0 Å². The van der Waals surface area contributed by atoms with Crippen LogP contribution in [0.1, 0.15) is 12.5 Å². The molecule has 1 aliphatic rings. The smallest absolute Gasteiger partial charge is 0.313 e. The van der Waals surface area contributed by atoms with Crippen molar-refractivity contribution in [3.63, 3.8) is 0 Å². The van der Waals surface area contributed by atoms with Gasteiger partial charge in [-0.15, -0.1) is 11.8 Å². The van der Waals surface area contributed by atoms with Crippen LogP contribution in [-0.2, 0) is 16.0 Å². The summed E-state index contributed by atoms with van der Waals surface area (Å²) < 4.78 is 0. The lowest BCUT2D eigenvalue weighted by molar-refractivity contribution is -0.133. The molecule has 1 N–H and O–H groups in total. The molecule has 5 heteroatoms. The molecule has 1 atom stereocenters. The van der Waals surface area contributed by atoms with Gasteiger partial charge in [-0.3, -0.25) is 9.59 Å². The summed E-state index contributed by atoms with van der Waals surface area (Å²) in [5, 5.41) is 8.59. The van der Waals surface area contributed by atoms with Crippen LogP contribution in [-0.4, -0.2) is 35.0 Å². The number of aliphatic carboxylic acids is 1. The van der Waals surface area contributed by atoms with Gasteiger partial charge in [-0.2, -0.15) is 0 Å². The Hall–Kier alpha value is -1.49. The van der Waals surface area contributed by atoms with Gasteiger partial charge in [0, 0.05) is 12.2 Å². The van der Waals surface area contributed by atoms with E-state index in [1.54, 1.807) is 4.90 Å². The number of hydrogen-bond acceptors (Lipinski definition) is 3. The minimum Gasteiger partial charge on any atom is -0.481 e. The minimum atomic E-state index is -0.884. The van der Waals surface area contributed by atoms with Crippen molar-refractivity contribution in [3.8, 4) is 0 Å². The molecule has 0 aromatic heterocycles. The van der Waals surface area contributed by atoms with E-state index in [9.17, 15) is 9.59 Å². The van der Waals surface area contributed by atoms with Crippen LogP contribution in [0, 0.1) is 5.92 Å². The molecule has 2 rings (SSSR count). The normalized spacial score (nSPS) is 17.9. The summed E-state index contributed by atoms with van der Waals surface area (Å²) >= 11 is 1.15. The Morgan fingerprint density at radius 1 is 1.37 bits per heavy atom. The molecule has 1 aliphatic heterocycles. The second kappa shape index (κ2) is 6.10. The first-order valence-corrected chi connectivity index (χ1v) is 7.41. The summed E-state index contributed by atoms with van der Waals surface area (Å²) in [5.41, 5.74) is 2.17. The third kappa shape index (κ3) is 3.50. The minimum absolute atomic E-state index is 0.00903. The molecule has 1 aromatic rings. The molecule has 0 aliphatic carbocycles. The maximum absolute atomic E-state index is 12.2. The highest BCUT2D eigenvalue weighted by Gasteiger charge is 2.25. The van der Waals surface area contributed by atoms with Crippen molar-refractivity contribution >= 4 is 29.3 Å². The maximum atomic E-state index is 12.2. The van der Waals surface area contributed by atoms with E-state index in [1.165, 1.54) is 5.56 Å². The van der Waals surface area contributed by atoms with E-state index in [2.05, 4.69) is 13.0 Å². The largest absolute Gasteiger partial charge is 0.481 e. The number of carboxylic acid groups (broad SMARTS) is 1. The molecule has 4 nitrogen and oxygen atoms in total. The Morgan fingerprint density at radius 3 is 2.84 bits per heavy atom. The van der Waals surface area contributed by atoms with Gasteiger partial charge in [0.05, 0.1) is 11.5 Å². The van der Waals surface area contributed by atoms with E-state index in [-0.39, 0.29) is 17.4 Å². The zero-order valence-corrected chi connectivity index (χ0v) is 11.7. The number of anilines is 1. The van der Waals surface area contributed by atoms with E-state index in [0.29, 0.717) is 12.5 Å². The molecule has 0 saturated heterocycles. The molecular formula is C14H17NO3S. The van der Waals surface area contributed by atoms with E-state index >= 15 is 0 Å². The number of carbonyl (C=O) groups excluding carboxylic acids is 1. The van der Waals surface area contributed by atoms with E-state index in [4.69, 9.17) is 5.11 Å². The first kappa shape index (κ1) is 13.9. The maximum Gasteiger partial charge on any atom is 0.313 e. The molecule has 1 aromatic carbocycles. The van der Waals surface area contributed by atoms with Crippen molar-refractivity contribution in [1.29, 1.82) is 0 Å². The summed E-state index contributed by atoms with van der Waals surface area (Å²) in [5.74, 6) is -0.275. The Labute approximate surface area is 116 Å². The Bertz CT molecular complexity index is 489. The lowest BCUT2D eigenvalue weighted by atomic mass is 9.94. The average molecular weight is 279 g/mol. The van der Waals surface area contributed by atoms with E-state index in [1.807, 2.05) is 18.2 Å². The molecule has 19 heavy (non-hydrogen) atoms. The predicted molar refractivity (Wildman–Crippen MR) is 76.6 cm³/mol. The summed E-state index contributed by atoms with van der Waals surface area (Å²) in [6.45, 7) is 2.84. The summed E-state index contributed by atoms with van der Waals surface area (Å²) in [6.07, 6.45) is 0.988. The zero-order chi connectivity index (χ0) is 13.8. The molecule has 0 spiro atoms. The lowest BCUT2D eigenvalue weighted by Crippen LogP contribution is -2.40. The molecule has 1 amide bonds. The van der Waals surface area contributed by atoms with Crippen LogP contribution >= 0.6 is 11.8 Å². The molecular weight excluding hydrogens is 262 g/mol. The number of benzene rings is 1. The summed E-state index contributed by atoms with van der Waals surface area (Å²) in [4.78, 5) is 24.5. The fourth-order valence-electron chi connectivity index (χ4n) is 2.34. The SMILES string of the molecule is CC1Cc2ccccc2N(C(=O)CSCC(=O)O)C1. The number of para-hydroxylation sites is 1. The third-order valence-electron chi connectivity index (χ3n) is 3.10. The fourth-order valence-corrected chi connectivity index (χ4v) is 2.94.